The molecule has 3 rings (SSSR count). The molecule has 2 aliphatic heterocycles. The summed E-state index contributed by atoms with van der Waals surface area (Å²) in [6.45, 7) is 1.69. The van der Waals surface area contributed by atoms with Crippen LogP contribution in [-0.2, 0) is 0 Å². The highest BCUT2D eigenvalue weighted by Crippen LogP contribution is 2.29. The number of fused-ring (bicyclic) bond motifs is 2. The van der Waals surface area contributed by atoms with Crippen LogP contribution in [0.1, 0.15) is 42.2 Å². The smallest absolute Gasteiger partial charge is 0.295 e. The summed E-state index contributed by atoms with van der Waals surface area (Å²) in [6, 6.07) is 1.42. The lowest BCUT2D eigenvalue weighted by atomic mass is 9.98. The van der Waals surface area contributed by atoms with Crippen molar-refractivity contribution in [1.29, 1.82) is 0 Å². The number of carbonyl (C=O) groups excluding carboxylic acids is 1. The van der Waals surface area contributed by atoms with Gasteiger partial charge in [-0.2, -0.15) is 4.98 Å². The summed E-state index contributed by atoms with van der Waals surface area (Å²) < 4.78 is 4.86. The van der Waals surface area contributed by atoms with Gasteiger partial charge in [-0.25, -0.2) is 0 Å². The molecule has 98 valence electrons. The van der Waals surface area contributed by atoms with Gasteiger partial charge < -0.3 is 14.7 Å². The van der Waals surface area contributed by atoms with Crippen LogP contribution in [0.25, 0.3) is 0 Å². The third-order valence-corrected chi connectivity index (χ3v) is 4.04. The molecule has 2 aliphatic rings. The number of carbonyl (C=O) groups is 1. The molecule has 2 fully saturated rings. The first-order valence-corrected chi connectivity index (χ1v) is 6.47. The third-order valence-electron chi connectivity index (χ3n) is 4.04. The zero-order chi connectivity index (χ0) is 12.7. The van der Waals surface area contributed by atoms with Crippen LogP contribution in [0.15, 0.2) is 4.52 Å². The lowest BCUT2D eigenvalue weighted by molar-refractivity contribution is 0.0666. The molecule has 1 N–H and O–H groups in total. The van der Waals surface area contributed by atoms with E-state index in [-0.39, 0.29) is 17.8 Å². The Hall–Kier alpha value is -1.43. The zero-order valence-corrected chi connectivity index (χ0v) is 10.7. The molecule has 0 aliphatic carbocycles. The maximum Gasteiger partial charge on any atom is 0.295 e. The van der Waals surface area contributed by atoms with Gasteiger partial charge >= 0.3 is 0 Å². The van der Waals surface area contributed by atoms with E-state index in [1.54, 1.807) is 11.8 Å². The molecule has 1 amide bonds. The number of aromatic nitrogens is 2. The number of nitrogens with one attached hydrogen (secondary N) is 1. The van der Waals surface area contributed by atoms with Crippen molar-refractivity contribution in [2.45, 2.75) is 50.7 Å². The Morgan fingerprint density at radius 2 is 2.06 bits per heavy atom. The molecule has 2 atom stereocenters. The second kappa shape index (κ2) is 4.35. The van der Waals surface area contributed by atoms with E-state index >= 15 is 0 Å². The fourth-order valence-corrected chi connectivity index (χ4v) is 3.05. The minimum Gasteiger partial charge on any atom is -0.339 e. The van der Waals surface area contributed by atoms with Gasteiger partial charge in [-0.15, -0.1) is 0 Å². The van der Waals surface area contributed by atoms with E-state index < -0.39 is 0 Å². The van der Waals surface area contributed by atoms with Crippen molar-refractivity contribution < 1.29 is 9.32 Å². The first-order chi connectivity index (χ1) is 8.63. The maximum absolute atomic E-state index is 12.2. The van der Waals surface area contributed by atoms with E-state index in [1.165, 1.54) is 12.8 Å². The van der Waals surface area contributed by atoms with E-state index in [0.29, 0.717) is 18.0 Å². The number of amides is 1. The highest BCUT2D eigenvalue weighted by atomic mass is 16.5. The molecule has 1 aromatic rings. The Morgan fingerprint density at radius 1 is 1.39 bits per heavy atom. The Balaban J connectivity index is 1.70. The highest BCUT2D eigenvalue weighted by molar-refractivity contribution is 5.90. The van der Waals surface area contributed by atoms with Crippen molar-refractivity contribution in [2.75, 3.05) is 7.05 Å². The van der Waals surface area contributed by atoms with Crippen molar-refractivity contribution in [3.05, 3.63) is 11.7 Å². The quantitative estimate of drug-likeness (QED) is 0.838. The summed E-state index contributed by atoms with van der Waals surface area (Å²) in [4.78, 5) is 18.0. The predicted molar refractivity (Wildman–Crippen MR) is 64.1 cm³/mol. The average molecular weight is 250 g/mol. The largest absolute Gasteiger partial charge is 0.339 e. The molecule has 0 aromatic carbocycles. The van der Waals surface area contributed by atoms with Crippen molar-refractivity contribution in [1.82, 2.24) is 20.4 Å². The maximum atomic E-state index is 12.2. The summed E-state index contributed by atoms with van der Waals surface area (Å²) in [6.07, 6.45) is 4.50. The number of piperidine rings is 1. The predicted octanol–water partition coefficient (Wildman–Crippen LogP) is 0.733. The van der Waals surface area contributed by atoms with E-state index in [4.69, 9.17) is 4.52 Å². The molecule has 2 unspecified atom stereocenters. The summed E-state index contributed by atoms with van der Waals surface area (Å²) in [7, 11) is 1.84. The summed E-state index contributed by atoms with van der Waals surface area (Å²) in [5, 5.41) is 7.26. The molecule has 2 saturated heterocycles. The number of aryl methyl sites for hydroxylation is 1. The molecule has 0 spiro atoms. The number of nitrogens with zero attached hydrogens (tertiary/aromatic N) is 3. The van der Waals surface area contributed by atoms with Crippen LogP contribution in [-0.4, -0.2) is 46.1 Å². The molecule has 6 heteroatoms. The van der Waals surface area contributed by atoms with Crippen LogP contribution in [0.2, 0.25) is 0 Å². The van der Waals surface area contributed by atoms with Crippen LogP contribution in [0.4, 0.5) is 0 Å². The molecule has 6 nitrogen and oxygen atoms in total. The zero-order valence-electron chi connectivity index (χ0n) is 10.7. The molecular weight excluding hydrogens is 232 g/mol. The second-order valence-corrected chi connectivity index (χ2v) is 5.32. The number of hydrogen-bond donors (Lipinski definition) is 1. The lowest BCUT2D eigenvalue weighted by Gasteiger charge is -2.34. The standard InChI is InChI=1S/C12H18N4O2/c1-7-13-11(15-18-7)12(17)16(2)10-5-8-3-4-9(6-10)14-8/h8-10,14H,3-6H2,1-2H3. The molecule has 0 saturated carbocycles. The Bertz CT molecular complexity index is 447. The van der Waals surface area contributed by atoms with E-state index in [0.717, 1.165) is 12.8 Å². The Kier molecular flexibility index (Phi) is 2.81. The van der Waals surface area contributed by atoms with E-state index in [1.807, 2.05) is 7.05 Å². The fraction of sp³-hybridized carbons (Fsp3) is 0.750. The monoisotopic (exact) mass is 250 g/mol. The Labute approximate surface area is 106 Å². The normalized spacial score (nSPS) is 30.4. The van der Waals surface area contributed by atoms with Gasteiger partial charge in [-0.05, 0) is 25.7 Å². The van der Waals surface area contributed by atoms with E-state index in [2.05, 4.69) is 15.5 Å². The van der Waals surface area contributed by atoms with Gasteiger partial charge in [0.1, 0.15) is 0 Å². The number of rotatable bonds is 2. The van der Waals surface area contributed by atoms with Gasteiger partial charge in [0.25, 0.3) is 11.7 Å². The minimum atomic E-state index is -0.141. The van der Waals surface area contributed by atoms with Gasteiger partial charge in [0, 0.05) is 32.1 Å². The molecular formula is C12H18N4O2. The first kappa shape index (κ1) is 11.6. The third kappa shape index (κ3) is 2.01. The summed E-state index contributed by atoms with van der Waals surface area (Å²) >= 11 is 0. The van der Waals surface area contributed by atoms with E-state index in [9.17, 15) is 4.79 Å². The number of hydrogen-bond acceptors (Lipinski definition) is 5. The van der Waals surface area contributed by atoms with Crippen LogP contribution < -0.4 is 5.32 Å². The second-order valence-electron chi connectivity index (χ2n) is 5.32. The van der Waals surface area contributed by atoms with Crippen molar-refractivity contribution >= 4 is 5.91 Å². The molecule has 1 aromatic heterocycles. The average Bonchev–Trinajstić information content (AvgIpc) is 2.94. The molecule has 0 radical (unpaired) electrons. The van der Waals surface area contributed by atoms with Gasteiger partial charge in [0.15, 0.2) is 0 Å². The molecule has 18 heavy (non-hydrogen) atoms. The van der Waals surface area contributed by atoms with Crippen LogP contribution >= 0.6 is 0 Å². The van der Waals surface area contributed by atoms with Crippen molar-refractivity contribution in [3.63, 3.8) is 0 Å². The van der Waals surface area contributed by atoms with Gasteiger partial charge in [-0.3, -0.25) is 4.79 Å². The minimum absolute atomic E-state index is 0.141. The molecule has 3 heterocycles. The van der Waals surface area contributed by atoms with Gasteiger partial charge in [0.2, 0.25) is 5.89 Å². The fourth-order valence-electron chi connectivity index (χ4n) is 3.05. The van der Waals surface area contributed by atoms with Gasteiger partial charge in [0.05, 0.1) is 0 Å². The summed E-state index contributed by atoms with van der Waals surface area (Å²) in [5.41, 5.74) is 0. The topological polar surface area (TPSA) is 71.3 Å². The Morgan fingerprint density at radius 3 is 2.61 bits per heavy atom. The van der Waals surface area contributed by atoms with Gasteiger partial charge in [-0.1, -0.05) is 5.16 Å². The SMILES string of the molecule is Cc1nc(C(=O)N(C)C2CC3CCC(C2)N3)no1. The lowest BCUT2D eigenvalue weighted by Crippen LogP contribution is -2.48. The molecule has 2 bridgehead atoms. The van der Waals surface area contributed by atoms with Crippen LogP contribution in [0.3, 0.4) is 0 Å². The van der Waals surface area contributed by atoms with Crippen LogP contribution in [0.5, 0.6) is 0 Å². The van der Waals surface area contributed by atoms with Crippen LogP contribution in [0, 0.1) is 6.92 Å². The highest BCUT2D eigenvalue weighted by Gasteiger charge is 2.37. The first-order valence-electron chi connectivity index (χ1n) is 6.47. The van der Waals surface area contributed by atoms with Crippen molar-refractivity contribution in [2.24, 2.45) is 0 Å². The summed E-state index contributed by atoms with van der Waals surface area (Å²) in [5.74, 6) is 0.455. The van der Waals surface area contributed by atoms with Crippen molar-refractivity contribution in [3.8, 4) is 0 Å².